The van der Waals surface area contributed by atoms with Crippen LogP contribution < -0.4 is 11.1 Å². The van der Waals surface area contributed by atoms with Gasteiger partial charge in [-0.15, -0.1) is 0 Å². The highest BCUT2D eigenvalue weighted by atomic mass is 16.1. The van der Waals surface area contributed by atoms with Crippen molar-refractivity contribution in [2.24, 2.45) is 11.7 Å². The average Bonchev–Trinajstić information content (AvgIpc) is 2.84. The van der Waals surface area contributed by atoms with E-state index in [1.54, 1.807) is 0 Å². The molecule has 3 N–H and O–H groups in total. The molecule has 1 amide bonds. The Morgan fingerprint density at radius 1 is 1.40 bits per heavy atom. The Bertz CT molecular complexity index is 571. The summed E-state index contributed by atoms with van der Waals surface area (Å²) in [6, 6.07) is 7.13. The van der Waals surface area contributed by atoms with Crippen molar-refractivity contribution < 1.29 is 4.79 Å². The van der Waals surface area contributed by atoms with Crippen LogP contribution in [0.2, 0.25) is 0 Å². The fourth-order valence-corrected chi connectivity index (χ4v) is 4.56. The predicted octanol–water partition coefficient (Wildman–Crippen LogP) is 1.49. The predicted molar refractivity (Wildman–Crippen MR) is 78.8 cm³/mol. The van der Waals surface area contributed by atoms with Gasteiger partial charge in [0.25, 0.3) is 0 Å². The molecular weight excluding hydrogens is 250 g/mol. The number of carbonyl (C=O) groups excluding carboxylic acids is 1. The largest absolute Gasteiger partial charge is 0.384 e. The highest BCUT2D eigenvalue weighted by Gasteiger charge is 2.44. The molecular formula is C16H21N3O. The fraction of sp³-hybridized carbons (Fsp3) is 0.562. The second kappa shape index (κ2) is 4.22. The van der Waals surface area contributed by atoms with Gasteiger partial charge >= 0.3 is 0 Å². The SMILES string of the molecule is CN1C[C@H](C(N)=O)CC2c3cccc4c3C(CN4)CC21. The zero-order valence-electron chi connectivity index (χ0n) is 11.8. The molecule has 4 atom stereocenters. The molecule has 2 heterocycles. The first-order valence-corrected chi connectivity index (χ1v) is 7.51. The number of amides is 1. The Balaban J connectivity index is 1.78. The lowest BCUT2D eigenvalue weighted by atomic mass is 9.68. The van der Waals surface area contributed by atoms with Crippen LogP contribution in [0.25, 0.3) is 0 Å². The number of rotatable bonds is 1. The number of likely N-dealkylation sites (tertiary alicyclic amines) is 1. The van der Waals surface area contributed by atoms with E-state index in [2.05, 4.69) is 35.5 Å². The van der Waals surface area contributed by atoms with Gasteiger partial charge in [0.15, 0.2) is 0 Å². The number of nitrogens with one attached hydrogen (secondary N) is 1. The van der Waals surface area contributed by atoms with Gasteiger partial charge < -0.3 is 16.0 Å². The zero-order valence-corrected chi connectivity index (χ0v) is 11.8. The van der Waals surface area contributed by atoms with E-state index in [-0.39, 0.29) is 11.8 Å². The summed E-state index contributed by atoms with van der Waals surface area (Å²) in [5.74, 6) is 0.929. The third kappa shape index (κ3) is 1.61. The number of primary amides is 1. The molecule has 0 radical (unpaired) electrons. The van der Waals surface area contributed by atoms with Crippen LogP contribution in [-0.2, 0) is 4.79 Å². The van der Waals surface area contributed by atoms with Crippen LogP contribution in [0.5, 0.6) is 0 Å². The summed E-state index contributed by atoms with van der Waals surface area (Å²) >= 11 is 0. The van der Waals surface area contributed by atoms with Crippen molar-refractivity contribution in [2.75, 3.05) is 25.5 Å². The van der Waals surface area contributed by atoms with Gasteiger partial charge in [-0.1, -0.05) is 12.1 Å². The van der Waals surface area contributed by atoms with E-state index in [0.29, 0.717) is 17.9 Å². The third-order valence-electron chi connectivity index (χ3n) is 5.49. The van der Waals surface area contributed by atoms with E-state index in [9.17, 15) is 4.79 Å². The number of piperidine rings is 1. The van der Waals surface area contributed by atoms with Gasteiger partial charge in [0.1, 0.15) is 0 Å². The summed E-state index contributed by atoms with van der Waals surface area (Å²) < 4.78 is 0. The fourth-order valence-electron chi connectivity index (χ4n) is 4.56. The molecule has 0 aromatic heterocycles. The number of benzene rings is 1. The summed E-state index contributed by atoms with van der Waals surface area (Å²) in [5, 5.41) is 3.53. The maximum absolute atomic E-state index is 11.6. The molecule has 1 fully saturated rings. The molecule has 4 nitrogen and oxygen atoms in total. The van der Waals surface area contributed by atoms with Crippen molar-refractivity contribution in [1.82, 2.24) is 4.90 Å². The number of carbonyl (C=O) groups is 1. The maximum atomic E-state index is 11.6. The van der Waals surface area contributed by atoms with Crippen molar-refractivity contribution in [3.05, 3.63) is 29.3 Å². The van der Waals surface area contributed by atoms with Gasteiger partial charge in [-0.25, -0.2) is 0 Å². The number of anilines is 1. The van der Waals surface area contributed by atoms with Gasteiger partial charge in [0.2, 0.25) is 5.91 Å². The Kier molecular flexibility index (Phi) is 2.58. The third-order valence-corrected chi connectivity index (χ3v) is 5.49. The molecule has 106 valence electrons. The van der Waals surface area contributed by atoms with Gasteiger partial charge in [-0.05, 0) is 37.1 Å². The molecule has 1 aliphatic carbocycles. The second-order valence-corrected chi connectivity index (χ2v) is 6.57. The number of nitrogens with zero attached hydrogens (tertiary/aromatic N) is 1. The number of likely N-dealkylation sites (N-methyl/N-ethyl adjacent to an activating group) is 1. The van der Waals surface area contributed by atoms with Crippen molar-refractivity contribution in [2.45, 2.75) is 30.7 Å². The summed E-state index contributed by atoms with van der Waals surface area (Å²) in [6.07, 6.45) is 2.11. The van der Waals surface area contributed by atoms with Crippen molar-refractivity contribution in [3.8, 4) is 0 Å². The molecule has 3 aliphatic rings. The first-order chi connectivity index (χ1) is 9.65. The van der Waals surface area contributed by atoms with E-state index < -0.39 is 0 Å². The number of hydrogen-bond donors (Lipinski definition) is 2. The van der Waals surface area contributed by atoms with Crippen LogP contribution >= 0.6 is 0 Å². The quantitative estimate of drug-likeness (QED) is 0.813. The molecule has 0 spiro atoms. The van der Waals surface area contributed by atoms with E-state index in [4.69, 9.17) is 5.73 Å². The van der Waals surface area contributed by atoms with Crippen molar-refractivity contribution >= 4 is 11.6 Å². The Labute approximate surface area is 119 Å². The minimum Gasteiger partial charge on any atom is -0.384 e. The molecule has 20 heavy (non-hydrogen) atoms. The normalized spacial score (nSPS) is 35.0. The molecule has 3 unspecified atom stereocenters. The highest BCUT2D eigenvalue weighted by Crippen LogP contribution is 2.50. The minimum absolute atomic E-state index is 0.0111. The summed E-state index contributed by atoms with van der Waals surface area (Å²) in [4.78, 5) is 14.0. The molecule has 0 saturated carbocycles. The minimum atomic E-state index is -0.150. The lowest BCUT2D eigenvalue weighted by molar-refractivity contribution is -0.124. The van der Waals surface area contributed by atoms with Crippen molar-refractivity contribution in [1.29, 1.82) is 0 Å². The van der Waals surface area contributed by atoms with E-state index in [1.165, 1.54) is 23.2 Å². The van der Waals surface area contributed by atoms with Gasteiger partial charge in [-0.2, -0.15) is 0 Å². The summed E-state index contributed by atoms with van der Waals surface area (Å²) in [5.41, 5.74) is 9.82. The number of nitrogens with two attached hydrogens (primary N) is 1. The Morgan fingerprint density at radius 2 is 2.25 bits per heavy atom. The van der Waals surface area contributed by atoms with Gasteiger partial charge in [0.05, 0.1) is 5.92 Å². The van der Waals surface area contributed by atoms with Crippen LogP contribution in [-0.4, -0.2) is 37.0 Å². The number of fused-ring (bicyclic) bond motifs is 2. The second-order valence-electron chi connectivity index (χ2n) is 6.57. The Hall–Kier alpha value is -1.55. The van der Waals surface area contributed by atoms with Crippen molar-refractivity contribution in [3.63, 3.8) is 0 Å². The molecule has 4 heteroatoms. The average molecular weight is 271 g/mol. The molecule has 2 aliphatic heterocycles. The molecule has 1 aromatic rings. The van der Waals surface area contributed by atoms with Crippen LogP contribution in [0.15, 0.2) is 18.2 Å². The first-order valence-electron chi connectivity index (χ1n) is 7.51. The summed E-state index contributed by atoms with van der Waals surface area (Å²) in [6.45, 7) is 1.87. The Morgan fingerprint density at radius 3 is 3.05 bits per heavy atom. The highest BCUT2D eigenvalue weighted by molar-refractivity contribution is 5.77. The smallest absolute Gasteiger partial charge is 0.221 e. The molecule has 1 saturated heterocycles. The molecule has 0 bridgehead atoms. The van der Waals surface area contributed by atoms with E-state index in [0.717, 1.165) is 19.5 Å². The standard InChI is InChI=1S/C16H21N3O/c1-19-8-10(16(17)20)5-12-11-3-2-4-13-15(11)9(7-18-13)6-14(12)19/h2-4,9-10,12,14,18H,5-8H2,1H3,(H2,17,20)/t9?,10-,12?,14?/m1/s1. The zero-order chi connectivity index (χ0) is 13.9. The van der Waals surface area contributed by atoms with Gasteiger partial charge in [-0.3, -0.25) is 4.79 Å². The first kappa shape index (κ1) is 12.2. The van der Waals surface area contributed by atoms with Gasteiger partial charge in [0, 0.05) is 36.7 Å². The monoisotopic (exact) mass is 271 g/mol. The molecule has 1 aromatic carbocycles. The topological polar surface area (TPSA) is 58.4 Å². The number of hydrogen-bond acceptors (Lipinski definition) is 3. The molecule has 4 rings (SSSR count). The lowest BCUT2D eigenvalue weighted by Crippen LogP contribution is -2.50. The van der Waals surface area contributed by atoms with Crippen LogP contribution in [0.3, 0.4) is 0 Å². The van der Waals surface area contributed by atoms with E-state index >= 15 is 0 Å². The van der Waals surface area contributed by atoms with Crippen LogP contribution in [0, 0.1) is 5.92 Å². The lowest BCUT2D eigenvalue weighted by Gasteiger charge is -2.46. The van der Waals surface area contributed by atoms with Crippen LogP contribution in [0.1, 0.15) is 35.8 Å². The summed E-state index contributed by atoms with van der Waals surface area (Å²) in [7, 11) is 2.14. The maximum Gasteiger partial charge on any atom is 0.221 e. The van der Waals surface area contributed by atoms with Crippen LogP contribution in [0.4, 0.5) is 5.69 Å². The van der Waals surface area contributed by atoms with E-state index in [1.807, 2.05) is 0 Å².